The Kier molecular flexibility index (Phi) is 14.9. The Labute approximate surface area is 623 Å². The van der Waals surface area contributed by atoms with Crippen LogP contribution in [-0.2, 0) is 43.3 Å². The quantitative estimate of drug-likeness (QED) is 0.155. The van der Waals surface area contributed by atoms with Crippen molar-refractivity contribution >= 4 is 10.8 Å². The van der Waals surface area contributed by atoms with Crippen molar-refractivity contribution in [1.82, 2.24) is 4.98 Å². The minimum Gasteiger partial charge on any atom is -0.255 e. The number of nitrogens with zero attached hydrogens (tertiary/aromatic N) is 1. The van der Waals surface area contributed by atoms with Crippen LogP contribution in [0.5, 0.6) is 0 Å². The molecule has 0 aliphatic heterocycles. The van der Waals surface area contributed by atoms with Crippen LogP contribution in [0.3, 0.4) is 0 Å². The van der Waals surface area contributed by atoms with E-state index >= 15 is 4.39 Å². The molecule has 0 spiro atoms. The normalized spacial score (nSPS) is 15.4. The average Bonchev–Trinajstić information content (AvgIpc) is 1.60. The molecule has 105 heavy (non-hydrogen) atoms. The van der Waals surface area contributed by atoms with Crippen LogP contribution in [0.25, 0.3) is 133 Å². The van der Waals surface area contributed by atoms with Gasteiger partial charge >= 0.3 is 0 Å². The van der Waals surface area contributed by atoms with Crippen molar-refractivity contribution in [3.05, 3.63) is 303 Å². The zero-order chi connectivity index (χ0) is 73.9. The van der Waals surface area contributed by atoms with E-state index in [-0.39, 0.29) is 49.1 Å². The van der Waals surface area contributed by atoms with Gasteiger partial charge in [-0.3, -0.25) is 4.98 Å². The van der Waals surface area contributed by atoms with Gasteiger partial charge in [0, 0.05) is 44.4 Å². The van der Waals surface area contributed by atoms with Gasteiger partial charge in [-0.1, -0.05) is 290 Å². The van der Waals surface area contributed by atoms with Crippen molar-refractivity contribution in [2.45, 2.75) is 182 Å². The van der Waals surface area contributed by atoms with Crippen molar-refractivity contribution in [2.75, 3.05) is 0 Å². The third-order valence-corrected chi connectivity index (χ3v) is 25.0. The molecule has 13 aromatic rings. The zero-order valence-corrected chi connectivity index (χ0v) is 65.3. The van der Waals surface area contributed by atoms with Crippen LogP contribution in [-0.4, -0.2) is 4.98 Å². The Balaban J connectivity index is 0.802. The van der Waals surface area contributed by atoms with Gasteiger partial charge in [0.15, 0.2) is 0 Å². The Morgan fingerprint density at radius 1 is 0.229 bits per heavy atom. The fraction of sp³-hybridized carbons (Fsp3) is 0.272. The third kappa shape index (κ3) is 10.7. The summed E-state index contributed by atoms with van der Waals surface area (Å²) in [6, 6.07) is 85.3. The molecule has 0 unspecified atom stereocenters. The van der Waals surface area contributed by atoms with E-state index in [1.165, 1.54) is 122 Å². The number of pyridine rings is 1. The van der Waals surface area contributed by atoms with E-state index in [2.05, 4.69) is 345 Å². The first-order valence-corrected chi connectivity index (χ1v) is 38.1. The summed E-state index contributed by atoms with van der Waals surface area (Å²) in [6.07, 6.45) is 1.88. The van der Waals surface area contributed by atoms with Gasteiger partial charge in [0.1, 0.15) is 5.82 Å². The Hall–Kier alpha value is -10.0. The van der Waals surface area contributed by atoms with Gasteiger partial charge in [0.2, 0.25) is 0 Å². The minimum atomic E-state index is -0.303. The van der Waals surface area contributed by atoms with Crippen molar-refractivity contribution in [3.8, 4) is 123 Å². The maximum absolute atomic E-state index is 18.8. The molecule has 522 valence electrons. The second kappa shape index (κ2) is 23.0. The molecule has 0 bridgehead atoms. The largest absolute Gasteiger partial charge is 0.255 e. The molecule has 0 atom stereocenters. The lowest BCUT2D eigenvalue weighted by Crippen LogP contribution is -2.17. The monoisotopic (exact) mass is 1370 g/mol. The smallest absolute Gasteiger partial charge is 0.140 e. The van der Waals surface area contributed by atoms with Gasteiger partial charge in [-0.2, -0.15) is 0 Å². The number of fused-ring (bicyclic) bond motifs is 13. The fourth-order valence-electron chi connectivity index (χ4n) is 18.4. The highest BCUT2D eigenvalue weighted by molar-refractivity contribution is 6.05. The molecule has 1 aromatic heterocycles. The summed E-state index contributed by atoms with van der Waals surface area (Å²) < 4.78 is 18.8. The van der Waals surface area contributed by atoms with Crippen molar-refractivity contribution in [2.24, 2.45) is 0 Å². The van der Waals surface area contributed by atoms with Gasteiger partial charge in [-0.25, -0.2) is 4.39 Å². The summed E-state index contributed by atoms with van der Waals surface area (Å²) >= 11 is 0. The van der Waals surface area contributed by atoms with Crippen LogP contribution >= 0.6 is 0 Å². The lowest BCUT2D eigenvalue weighted by atomic mass is 9.78. The minimum absolute atomic E-state index is 0.0195. The zero-order valence-electron chi connectivity index (χ0n) is 65.3. The highest BCUT2D eigenvalue weighted by atomic mass is 19.1. The summed E-state index contributed by atoms with van der Waals surface area (Å²) in [7, 11) is 0. The lowest BCUT2D eigenvalue weighted by molar-refractivity contribution is 0.584. The van der Waals surface area contributed by atoms with E-state index in [9.17, 15) is 0 Å². The average molecular weight is 1370 g/mol. The molecular formula is C103H98FN. The molecule has 1 heterocycles. The van der Waals surface area contributed by atoms with Gasteiger partial charge < -0.3 is 0 Å². The van der Waals surface area contributed by atoms with Crippen LogP contribution in [0.1, 0.15) is 205 Å². The number of benzene rings is 12. The first-order valence-electron chi connectivity index (χ1n) is 38.1. The Bertz CT molecular complexity index is 5600. The van der Waals surface area contributed by atoms with Crippen molar-refractivity contribution in [3.63, 3.8) is 0 Å². The number of rotatable bonds is 7. The highest BCUT2D eigenvalue weighted by Gasteiger charge is 2.42. The molecule has 0 radical (unpaired) electrons. The first-order chi connectivity index (χ1) is 49.5. The molecular weight excluding hydrogens is 1270 g/mol. The summed E-state index contributed by atoms with van der Waals surface area (Å²) in [5.74, 6) is -0.303. The second-order valence-corrected chi connectivity index (χ2v) is 37.4. The van der Waals surface area contributed by atoms with Gasteiger partial charge in [0.25, 0.3) is 0 Å². The summed E-state index contributed by atoms with van der Waals surface area (Å²) in [5.41, 5.74) is 39.3. The van der Waals surface area contributed by atoms with E-state index < -0.39 is 0 Å². The topological polar surface area (TPSA) is 12.9 Å². The molecule has 17 rings (SSSR count). The molecule has 4 aliphatic rings. The number of aromatic nitrogens is 1. The highest BCUT2D eigenvalue weighted by Crippen LogP contribution is 2.57. The molecule has 0 amide bonds. The van der Waals surface area contributed by atoms with Crippen molar-refractivity contribution < 1.29 is 4.39 Å². The molecule has 0 saturated heterocycles. The molecule has 0 N–H and O–H groups in total. The third-order valence-electron chi connectivity index (χ3n) is 25.0. The van der Waals surface area contributed by atoms with Gasteiger partial charge in [-0.15, -0.1) is 0 Å². The SMILES string of the molecule is CC(C)(C)c1ccc2c(c1)C(C)(C)c1cc(-c3cc(-c4ccc5c(c4)C(C)(C)c4cc(C(C)(C)C)ccc4-5)cc(-c4cccc(-c5nccc6c(-c7cc(-c8ccc9c(c8)C(C)(C)c8cc(C(C)(C)C)ccc8-9)cc(-c8ccc9c(c8)C(C)(C)c8cc(C(C)(C)C)ccc8-9)c7)cccc56)c4F)c3)ccc1-2. The predicted molar refractivity (Wildman–Crippen MR) is 445 cm³/mol. The Morgan fingerprint density at radius 3 is 0.800 bits per heavy atom. The van der Waals surface area contributed by atoms with E-state index in [1.807, 2.05) is 24.4 Å². The van der Waals surface area contributed by atoms with E-state index in [1.54, 1.807) is 0 Å². The lowest BCUT2D eigenvalue weighted by Gasteiger charge is -2.25. The maximum Gasteiger partial charge on any atom is 0.140 e. The summed E-state index contributed by atoms with van der Waals surface area (Å²) in [6.45, 7) is 46.7. The molecule has 12 aromatic carbocycles. The molecule has 2 heteroatoms. The van der Waals surface area contributed by atoms with Crippen molar-refractivity contribution in [1.29, 1.82) is 0 Å². The van der Waals surface area contributed by atoms with E-state index in [4.69, 9.17) is 4.98 Å². The first kappa shape index (κ1) is 68.1. The van der Waals surface area contributed by atoms with Crippen LogP contribution < -0.4 is 0 Å². The predicted octanol–water partition coefficient (Wildman–Crippen LogP) is 28.5. The summed E-state index contributed by atoms with van der Waals surface area (Å²) in [4.78, 5) is 5.16. The Morgan fingerprint density at radius 2 is 0.486 bits per heavy atom. The van der Waals surface area contributed by atoms with E-state index in [0.717, 1.165) is 60.8 Å². The van der Waals surface area contributed by atoms with Crippen LogP contribution in [0, 0.1) is 5.82 Å². The molecule has 1 nitrogen and oxygen atoms in total. The number of halogens is 1. The fourth-order valence-corrected chi connectivity index (χ4v) is 18.4. The standard InChI is InChI=1S/C103H98FN/c1-96(2,3)69-31-39-80-76-35-27-59(51-86(76)100(13,14)90(80)55-69)63-45-64(60-28-36-77-81-40-32-70(97(4,5)6)56-91(81)101(15,16)87(77)52-60)48-67(47-63)73-23-21-25-84-75(73)43-44-105-95(84)85-26-22-24-74(94(85)104)68-49-65(61-29-37-78-82-41-33-71(98(7,8)9)57-92(82)102(17,18)88(78)53-61)46-66(50-68)62-30-38-79-83-42-34-72(99(10,11)12)58-93(83)103(19,20)89(79)54-62/h21-58H,1-20H3. The van der Waals surface area contributed by atoms with Gasteiger partial charge in [0.05, 0.1) is 5.69 Å². The van der Waals surface area contributed by atoms with Crippen LogP contribution in [0.4, 0.5) is 4.39 Å². The van der Waals surface area contributed by atoms with Gasteiger partial charge in [-0.05, 0) is 272 Å². The molecule has 0 saturated carbocycles. The van der Waals surface area contributed by atoms with E-state index in [0.29, 0.717) is 16.8 Å². The molecule has 0 fully saturated rings. The number of hydrogen-bond acceptors (Lipinski definition) is 1. The second-order valence-electron chi connectivity index (χ2n) is 37.4. The van der Waals surface area contributed by atoms with Crippen LogP contribution in [0.15, 0.2) is 231 Å². The molecule has 4 aliphatic carbocycles. The number of hydrogen-bond donors (Lipinski definition) is 0. The summed E-state index contributed by atoms with van der Waals surface area (Å²) in [5, 5.41) is 1.89. The maximum atomic E-state index is 18.8. The van der Waals surface area contributed by atoms with Crippen LogP contribution in [0.2, 0.25) is 0 Å².